The quantitative estimate of drug-likeness (QED) is 0.467. The summed E-state index contributed by atoms with van der Waals surface area (Å²) in [4.78, 5) is 22.0. The number of methoxy groups -OCH3 is 1. The van der Waals surface area contributed by atoms with E-state index in [1.807, 2.05) is 0 Å². The molecule has 1 aromatic carbocycles. The summed E-state index contributed by atoms with van der Waals surface area (Å²) in [5, 5.41) is 13.8. The third kappa shape index (κ3) is 3.91. The van der Waals surface area contributed by atoms with Gasteiger partial charge >= 0.3 is 5.97 Å². The molecule has 114 valence electrons. The Balaban J connectivity index is 2.00. The number of hydrogen-bond donors (Lipinski definition) is 1. The Bertz CT molecular complexity index is 527. The number of nitro groups is 1. The maximum atomic E-state index is 11.9. The Labute approximate surface area is 122 Å². The van der Waals surface area contributed by atoms with Crippen LogP contribution in [0.3, 0.4) is 0 Å². The molecule has 0 saturated heterocycles. The fourth-order valence-corrected chi connectivity index (χ4v) is 1.95. The van der Waals surface area contributed by atoms with Crippen molar-refractivity contribution in [2.45, 2.75) is 31.3 Å². The Hall–Kier alpha value is -2.15. The number of nitro benzene ring substituents is 1. The van der Waals surface area contributed by atoms with Crippen LogP contribution in [0.1, 0.15) is 19.8 Å². The zero-order valence-corrected chi connectivity index (χ0v) is 12.0. The molecule has 0 amide bonds. The van der Waals surface area contributed by atoms with Crippen molar-refractivity contribution >= 4 is 11.7 Å². The van der Waals surface area contributed by atoms with E-state index in [0.717, 1.165) is 12.8 Å². The Morgan fingerprint density at radius 2 is 2.05 bits per heavy atom. The molecular weight excluding hydrogens is 276 g/mol. The van der Waals surface area contributed by atoms with Crippen molar-refractivity contribution in [3.63, 3.8) is 0 Å². The van der Waals surface area contributed by atoms with Crippen molar-refractivity contribution in [1.82, 2.24) is 5.32 Å². The average Bonchev–Trinajstić information content (AvgIpc) is 3.28. The molecule has 2 rings (SSSR count). The first-order chi connectivity index (χ1) is 9.94. The maximum absolute atomic E-state index is 11.9. The highest BCUT2D eigenvalue weighted by molar-refractivity contribution is 5.80. The SMILES string of the molecule is COC(=O)C(C)(COc1ccc([N+](=O)[O-])cc1)NC1CC1. The summed E-state index contributed by atoms with van der Waals surface area (Å²) in [7, 11) is 1.33. The van der Waals surface area contributed by atoms with Crippen LogP contribution >= 0.6 is 0 Å². The van der Waals surface area contributed by atoms with Gasteiger partial charge < -0.3 is 9.47 Å². The lowest BCUT2D eigenvalue weighted by atomic mass is 10.0. The van der Waals surface area contributed by atoms with E-state index in [0.29, 0.717) is 11.8 Å². The molecule has 21 heavy (non-hydrogen) atoms. The van der Waals surface area contributed by atoms with Crippen molar-refractivity contribution in [1.29, 1.82) is 0 Å². The number of esters is 1. The van der Waals surface area contributed by atoms with E-state index in [1.165, 1.54) is 31.4 Å². The molecule has 1 aliphatic carbocycles. The summed E-state index contributed by atoms with van der Waals surface area (Å²) in [5.41, 5.74) is -0.938. The van der Waals surface area contributed by atoms with E-state index in [9.17, 15) is 14.9 Å². The second-order valence-corrected chi connectivity index (χ2v) is 5.28. The van der Waals surface area contributed by atoms with Crippen molar-refractivity contribution in [2.75, 3.05) is 13.7 Å². The van der Waals surface area contributed by atoms with Gasteiger partial charge in [-0.3, -0.25) is 15.4 Å². The lowest BCUT2D eigenvalue weighted by molar-refractivity contribution is -0.384. The first-order valence-electron chi connectivity index (χ1n) is 6.68. The van der Waals surface area contributed by atoms with E-state index >= 15 is 0 Å². The van der Waals surface area contributed by atoms with Gasteiger partial charge in [0.25, 0.3) is 5.69 Å². The number of ether oxygens (including phenoxy) is 2. The van der Waals surface area contributed by atoms with Crippen LogP contribution < -0.4 is 10.1 Å². The number of non-ortho nitro benzene ring substituents is 1. The van der Waals surface area contributed by atoms with Gasteiger partial charge in [-0.05, 0) is 31.9 Å². The zero-order chi connectivity index (χ0) is 15.5. The largest absolute Gasteiger partial charge is 0.491 e. The summed E-state index contributed by atoms with van der Waals surface area (Å²) >= 11 is 0. The molecule has 0 aliphatic heterocycles. The molecule has 1 unspecified atom stereocenters. The third-order valence-electron chi connectivity index (χ3n) is 3.31. The average molecular weight is 294 g/mol. The number of carbonyl (C=O) groups is 1. The number of rotatable bonds is 7. The second-order valence-electron chi connectivity index (χ2n) is 5.28. The minimum absolute atomic E-state index is 0.00538. The van der Waals surface area contributed by atoms with Crippen molar-refractivity contribution in [2.24, 2.45) is 0 Å². The van der Waals surface area contributed by atoms with E-state index < -0.39 is 16.4 Å². The number of nitrogens with one attached hydrogen (secondary N) is 1. The van der Waals surface area contributed by atoms with Crippen LogP contribution in [-0.4, -0.2) is 36.2 Å². The van der Waals surface area contributed by atoms with Crippen molar-refractivity contribution in [3.8, 4) is 5.75 Å². The third-order valence-corrected chi connectivity index (χ3v) is 3.31. The van der Waals surface area contributed by atoms with Crippen LogP contribution in [0.2, 0.25) is 0 Å². The number of nitrogens with zero attached hydrogens (tertiary/aromatic N) is 1. The lowest BCUT2D eigenvalue weighted by Gasteiger charge is -2.28. The summed E-state index contributed by atoms with van der Waals surface area (Å²) in [6, 6.07) is 6.05. The molecule has 1 N–H and O–H groups in total. The highest BCUT2D eigenvalue weighted by Crippen LogP contribution is 2.24. The second kappa shape index (κ2) is 6.09. The Morgan fingerprint density at radius 3 is 2.52 bits per heavy atom. The summed E-state index contributed by atoms with van der Waals surface area (Å²) < 4.78 is 10.4. The number of hydrogen-bond acceptors (Lipinski definition) is 6. The molecule has 1 saturated carbocycles. The van der Waals surface area contributed by atoms with Gasteiger partial charge in [0.2, 0.25) is 0 Å². The fraction of sp³-hybridized carbons (Fsp3) is 0.500. The van der Waals surface area contributed by atoms with Crippen LogP contribution in [-0.2, 0) is 9.53 Å². The summed E-state index contributed by atoms with van der Waals surface area (Å²) in [5.74, 6) is 0.0737. The highest BCUT2D eigenvalue weighted by Gasteiger charge is 2.40. The molecular formula is C14H18N2O5. The highest BCUT2D eigenvalue weighted by atomic mass is 16.6. The molecule has 1 atom stereocenters. The fourth-order valence-electron chi connectivity index (χ4n) is 1.95. The molecule has 7 nitrogen and oxygen atoms in total. The van der Waals surface area contributed by atoms with Gasteiger partial charge in [-0.15, -0.1) is 0 Å². The molecule has 1 fully saturated rings. The maximum Gasteiger partial charge on any atom is 0.329 e. The van der Waals surface area contributed by atoms with E-state index in [2.05, 4.69) is 5.32 Å². The van der Waals surface area contributed by atoms with Crippen LogP contribution in [0, 0.1) is 10.1 Å². The molecule has 0 spiro atoms. The number of benzene rings is 1. The van der Waals surface area contributed by atoms with Crippen LogP contribution in [0.15, 0.2) is 24.3 Å². The normalized spacial score (nSPS) is 16.9. The molecule has 1 aromatic rings. The van der Waals surface area contributed by atoms with Gasteiger partial charge in [0.1, 0.15) is 17.9 Å². The van der Waals surface area contributed by atoms with Crippen molar-refractivity contribution in [3.05, 3.63) is 34.4 Å². The van der Waals surface area contributed by atoms with E-state index in [4.69, 9.17) is 9.47 Å². The lowest BCUT2D eigenvalue weighted by Crippen LogP contribution is -2.55. The van der Waals surface area contributed by atoms with Crippen LogP contribution in [0.5, 0.6) is 5.75 Å². The Morgan fingerprint density at radius 1 is 1.43 bits per heavy atom. The zero-order valence-electron chi connectivity index (χ0n) is 12.0. The van der Waals surface area contributed by atoms with E-state index in [1.54, 1.807) is 6.92 Å². The molecule has 0 radical (unpaired) electrons. The number of carbonyl (C=O) groups excluding carboxylic acids is 1. The smallest absolute Gasteiger partial charge is 0.329 e. The molecule has 0 heterocycles. The van der Waals surface area contributed by atoms with Gasteiger partial charge in [0.05, 0.1) is 12.0 Å². The summed E-state index contributed by atoms with van der Waals surface area (Å²) in [6.45, 7) is 1.82. The van der Waals surface area contributed by atoms with Gasteiger partial charge in [-0.25, -0.2) is 4.79 Å². The Kier molecular flexibility index (Phi) is 4.42. The monoisotopic (exact) mass is 294 g/mol. The molecule has 0 bridgehead atoms. The predicted molar refractivity (Wildman–Crippen MR) is 75.2 cm³/mol. The first-order valence-corrected chi connectivity index (χ1v) is 6.68. The minimum atomic E-state index is -0.933. The predicted octanol–water partition coefficient (Wildman–Crippen LogP) is 1.66. The first kappa shape index (κ1) is 15.2. The topological polar surface area (TPSA) is 90.7 Å². The van der Waals surface area contributed by atoms with Crippen LogP contribution in [0.4, 0.5) is 5.69 Å². The minimum Gasteiger partial charge on any atom is -0.491 e. The van der Waals surface area contributed by atoms with Gasteiger partial charge in [-0.2, -0.15) is 0 Å². The van der Waals surface area contributed by atoms with Gasteiger partial charge in [0.15, 0.2) is 0 Å². The van der Waals surface area contributed by atoms with Crippen molar-refractivity contribution < 1.29 is 19.2 Å². The van der Waals surface area contributed by atoms with Gasteiger partial charge in [-0.1, -0.05) is 0 Å². The summed E-state index contributed by atoms with van der Waals surface area (Å²) in [6.07, 6.45) is 2.06. The van der Waals surface area contributed by atoms with Crippen LogP contribution in [0.25, 0.3) is 0 Å². The molecule has 0 aromatic heterocycles. The van der Waals surface area contributed by atoms with Gasteiger partial charge in [0, 0.05) is 18.2 Å². The molecule has 1 aliphatic rings. The van der Waals surface area contributed by atoms with E-state index in [-0.39, 0.29) is 12.3 Å². The molecule has 7 heteroatoms. The standard InChI is InChI=1S/C14H18N2O5/c1-14(13(17)20-2,15-10-3-4-10)9-21-12-7-5-11(6-8-12)16(18)19/h5-8,10,15H,3-4,9H2,1-2H3.